The van der Waals surface area contributed by atoms with Crippen LogP contribution in [0.2, 0.25) is 0 Å². The van der Waals surface area contributed by atoms with E-state index in [-0.39, 0.29) is 12.5 Å². The standard InChI is InChI=1S/C19H24N2O4/c1-21(2)12-13-24-16-10-8-15(9-11-16)20-19(22)14-25-18-7-5-4-6-17(18)23-3/h4-11H,12-14H2,1-3H3,(H,20,22). The largest absolute Gasteiger partial charge is 0.493 e. The molecule has 0 saturated heterocycles. The molecule has 0 heterocycles. The van der Waals surface area contributed by atoms with Crippen molar-refractivity contribution in [2.75, 3.05) is 46.3 Å². The Bertz CT molecular complexity index is 671. The molecule has 0 unspecified atom stereocenters. The molecule has 2 aromatic rings. The van der Waals surface area contributed by atoms with E-state index in [9.17, 15) is 4.79 Å². The zero-order valence-corrected chi connectivity index (χ0v) is 14.8. The van der Waals surface area contributed by atoms with E-state index in [0.29, 0.717) is 23.8 Å². The second-order valence-corrected chi connectivity index (χ2v) is 5.66. The molecule has 0 aliphatic heterocycles. The van der Waals surface area contributed by atoms with Crippen molar-refractivity contribution in [1.29, 1.82) is 0 Å². The predicted molar refractivity (Wildman–Crippen MR) is 97.6 cm³/mol. The van der Waals surface area contributed by atoms with Crippen LogP contribution in [0.15, 0.2) is 48.5 Å². The number of carbonyl (C=O) groups excluding carboxylic acids is 1. The van der Waals surface area contributed by atoms with Crippen molar-refractivity contribution in [2.24, 2.45) is 0 Å². The first-order chi connectivity index (χ1) is 12.1. The number of ether oxygens (including phenoxy) is 3. The molecule has 0 spiro atoms. The van der Waals surface area contributed by atoms with E-state index in [1.807, 2.05) is 38.4 Å². The van der Waals surface area contributed by atoms with Gasteiger partial charge in [0.1, 0.15) is 12.4 Å². The minimum atomic E-state index is -0.243. The lowest BCUT2D eigenvalue weighted by Crippen LogP contribution is -2.20. The van der Waals surface area contributed by atoms with Gasteiger partial charge in [-0.05, 0) is 50.5 Å². The van der Waals surface area contributed by atoms with Crippen LogP contribution in [0.4, 0.5) is 5.69 Å². The van der Waals surface area contributed by atoms with E-state index in [0.717, 1.165) is 12.3 Å². The molecular weight excluding hydrogens is 320 g/mol. The van der Waals surface area contributed by atoms with Crippen molar-refractivity contribution in [2.45, 2.75) is 0 Å². The van der Waals surface area contributed by atoms with Gasteiger partial charge < -0.3 is 24.4 Å². The molecule has 25 heavy (non-hydrogen) atoms. The van der Waals surface area contributed by atoms with Gasteiger partial charge in [-0.3, -0.25) is 4.79 Å². The number of amides is 1. The number of rotatable bonds is 9. The predicted octanol–water partition coefficient (Wildman–Crippen LogP) is 2.65. The Balaban J connectivity index is 1.80. The number of methoxy groups -OCH3 is 1. The second-order valence-electron chi connectivity index (χ2n) is 5.66. The molecule has 2 rings (SSSR count). The highest BCUT2D eigenvalue weighted by atomic mass is 16.5. The second kappa shape index (κ2) is 9.54. The van der Waals surface area contributed by atoms with Gasteiger partial charge in [-0.25, -0.2) is 0 Å². The van der Waals surface area contributed by atoms with Gasteiger partial charge >= 0.3 is 0 Å². The van der Waals surface area contributed by atoms with Gasteiger partial charge in [0.05, 0.1) is 7.11 Å². The average molecular weight is 344 g/mol. The molecule has 0 fully saturated rings. The molecule has 0 aliphatic rings. The molecule has 6 heteroatoms. The SMILES string of the molecule is COc1ccccc1OCC(=O)Nc1ccc(OCCN(C)C)cc1. The zero-order chi connectivity index (χ0) is 18.1. The van der Waals surface area contributed by atoms with Crippen LogP contribution in [0.3, 0.4) is 0 Å². The minimum Gasteiger partial charge on any atom is -0.493 e. The number of anilines is 1. The molecule has 0 radical (unpaired) electrons. The van der Waals surface area contributed by atoms with E-state index in [2.05, 4.69) is 10.2 Å². The topological polar surface area (TPSA) is 60.0 Å². The van der Waals surface area contributed by atoms with Crippen molar-refractivity contribution >= 4 is 11.6 Å². The number of likely N-dealkylation sites (N-methyl/N-ethyl adjacent to an activating group) is 1. The maximum Gasteiger partial charge on any atom is 0.262 e. The van der Waals surface area contributed by atoms with Crippen LogP contribution in [-0.2, 0) is 4.79 Å². The summed E-state index contributed by atoms with van der Waals surface area (Å²) in [5.74, 6) is 1.65. The van der Waals surface area contributed by atoms with E-state index >= 15 is 0 Å². The fourth-order valence-corrected chi connectivity index (χ4v) is 2.06. The fourth-order valence-electron chi connectivity index (χ4n) is 2.06. The van der Waals surface area contributed by atoms with E-state index in [4.69, 9.17) is 14.2 Å². The van der Waals surface area contributed by atoms with Crippen LogP contribution in [-0.4, -0.2) is 51.8 Å². The van der Waals surface area contributed by atoms with Crippen LogP contribution >= 0.6 is 0 Å². The first kappa shape index (κ1) is 18.6. The summed E-state index contributed by atoms with van der Waals surface area (Å²) in [6.07, 6.45) is 0. The molecule has 134 valence electrons. The van der Waals surface area contributed by atoms with Crippen LogP contribution in [0.25, 0.3) is 0 Å². The lowest BCUT2D eigenvalue weighted by Gasteiger charge is -2.12. The molecular formula is C19H24N2O4. The fraction of sp³-hybridized carbons (Fsp3) is 0.316. The number of para-hydroxylation sites is 2. The van der Waals surface area contributed by atoms with Crippen molar-refractivity contribution in [1.82, 2.24) is 4.90 Å². The lowest BCUT2D eigenvalue weighted by molar-refractivity contribution is -0.118. The number of hydrogen-bond acceptors (Lipinski definition) is 5. The molecule has 6 nitrogen and oxygen atoms in total. The molecule has 1 N–H and O–H groups in total. The molecule has 1 amide bonds. The molecule has 0 aromatic heterocycles. The van der Waals surface area contributed by atoms with Crippen molar-refractivity contribution in [3.63, 3.8) is 0 Å². The summed E-state index contributed by atoms with van der Waals surface area (Å²) < 4.78 is 16.3. The van der Waals surface area contributed by atoms with Crippen molar-refractivity contribution in [3.8, 4) is 17.2 Å². The first-order valence-electron chi connectivity index (χ1n) is 8.02. The maximum atomic E-state index is 12.0. The van der Waals surface area contributed by atoms with Crippen LogP contribution < -0.4 is 19.5 Å². The number of hydrogen-bond donors (Lipinski definition) is 1. The Kier molecular flexibility index (Phi) is 7.10. The monoisotopic (exact) mass is 344 g/mol. The molecule has 0 saturated carbocycles. The number of benzene rings is 2. The van der Waals surface area contributed by atoms with Gasteiger partial charge in [-0.1, -0.05) is 12.1 Å². The molecule has 2 aromatic carbocycles. The molecule has 0 atom stereocenters. The summed E-state index contributed by atoms with van der Waals surface area (Å²) in [6, 6.07) is 14.4. The number of nitrogens with zero attached hydrogens (tertiary/aromatic N) is 1. The third-order valence-electron chi connectivity index (χ3n) is 3.37. The van der Waals surface area contributed by atoms with E-state index in [1.165, 1.54) is 0 Å². The number of nitrogens with one attached hydrogen (secondary N) is 1. The summed E-state index contributed by atoms with van der Waals surface area (Å²) in [4.78, 5) is 14.1. The van der Waals surface area contributed by atoms with Gasteiger partial charge in [0.2, 0.25) is 0 Å². The zero-order valence-electron chi connectivity index (χ0n) is 14.8. The van der Waals surface area contributed by atoms with E-state index < -0.39 is 0 Å². The third-order valence-corrected chi connectivity index (χ3v) is 3.37. The van der Waals surface area contributed by atoms with Gasteiger partial charge in [0.15, 0.2) is 18.1 Å². The Morgan fingerprint density at radius 1 is 1.00 bits per heavy atom. The van der Waals surface area contributed by atoms with Crippen LogP contribution in [0.5, 0.6) is 17.2 Å². The third kappa shape index (κ3) is 6.35. The van der Waals surface area contributed by atoms with E-state index in [1.54, 1.807) is 31.4 Å². The van der Waals surface area contributed by atoms with Gasteiger partial charge in [0, 0.05) is 12.2 Å². The van der Waals surface area contributed by atoms with Crippen molar-refractivity contribution in [3.05, 3.63) is 48.5 Å². The van der Waals surface area contributed by atoms with Gasteiger partial charge in [-0.15, -0.1) is 0 Å². The van der Waals surface area contributed by atoms with Gasteiger partial charge in [-0.2, -0.15) is 0 Å². The average Bonchev–Trinajstić information content (AvgIpc) is 2.61. The van der Waals surface area contributed by atoms with Crippen molar-refractivity contribution < 1.29 is 19.0 Å². The first-order valence-corrected chi connectivity index (χ1v) is 8.02. The Hall–Kier alpha value is -2.73. The summed E-state index contributed by atoms with van der Waals surface area (Å²) >= 11 is 0. The Morgan fingerprint density at radius 3 is 2.32 bits per heavy atom. The lowest BCUT2D eigenvalue weighted by atomic mass is 10.3. The van der Waals surface area contributed by atoms with Gasteiger partial charge in [0.25, 0.3) is 5.91 Å². The summed E-state index contributed by atoms with van der Waals surface area (Å²) in [6.45, 7) is 1.37. The Morgan fingerprint density at radius 2 is 1.68 bits per heavy atom. The number of carbonyl (C=O) groups is 1. The quantitative estimate of drug-likeness (QED) is 0.758. The highest BCUT2D eigenvalue weighted by Gasteiger charge is 2.07. The summed E-state index contributed by atoms with van der Waals surface area (Å²) in [5.41, 5.74) is 0.689. The molecule has 0 aliphatic carbocycles. The Labute approximate surface area is 148 Å². The smallest absolute Gasteiger partial charge is 0.262 e. The normalized spacial score (nSPS) is 10.4. The van der Waals surface area contributed by atoms with Crippen LogP contribution in [0, 0.1) is 0 Å². The summed E-state index contributed by atoms with van der Waals surface area (Å²) in [5, 5.41) is 2.78. The summed E-state index contributed by atoms with van der Waals surface area (Å²) in [7, 11) is 5.55. The highest BCUT2D eigenvalue weighted by Crippen LogP contribution is 2.25. The minimum absolute atomic E-state index is 0.0958. The maximum absolute atomic E-state index is 12.0. The highest BCUT2D eigenvalue weighted by molar-refractivity contribution is 5.91. The van der Waals surface area contributed by atoms with Crippen LogP contribution in [0.1, 0.15) is 0 Å². The molecule has 0 bridgehead atoms.